The van der Waals surface area contributed by atoms with E-state index in [4.69, 9.17) is 11.6 Å². The number of benzene rings is 1. The van der Waals surface area contributed by atoms with Gasteiger partial charge in [-0.1, -0.05) is 29.8 Å². The lowest BCUT2D eigenvalue weighted by Crippen LogP contribution is -1.85. The van der Waals surface area contributed by atoms with Crippen molar-refractivity contribution >= 4 is 17.7 Å². The molecular weight excluding hydrogens is 186 g/mol. The molecule has 2 rings (SSSR count). The van der Waals surface area contributed by atoms with Gasteiger partial charge in [-0.3, -0.25) is 0 Å². The number of carbonyl (C=O) groups excluding carboxylic acids is 1. The van der Waals surface area contributed by atoms with Crippen LogP contribution in [0.25, 0.3) is 0 Å². The first-order chi connectivity index (χ1) is 6.33. The van der Waals surface area contributed by atoms with Gasteiger partial charge in [-0.2, -0.15) is 0 Å². The van der Waals surface area contributed by atoms with Gasteiger partial charge in [0, 0.05) is 10.9 Å². The number of nitrogens with zero attached hydrogens (tertiary/aromatic N) is 1. The highest BCUT2D eigenvalue weighted by atomic mass is 35.5. The van der Waals surface area contributed by atoms with Gasteiger partial charge < -0.3 is 0 Å². The zero-order valence-electron chi connectivity index (χ0n) is 6.90. The molecule has 0 heterocycles. The van der Waals surface area contributed by atoms with Crippen LogP contribution in [0.1, 0.15) is 17.9 Å². The molecule has 1 aromatic carbocycles. The van der Waals surface area contributed by atoms with E-state index in [9.17, 15) is 4.79 Å². The Kier molecular flexibility index (Phi) is 2.17. The van der Waals surface area contributed by atoms with E-state index in [2.05, 4.69) is 4.99 Å². The van der Waals surface area contributed by atoms with Crippen molar-refractivity contribution in [2.45, 2.75) is 18.4 Å². The molecule has 0 N–H and O–H groups in total. The van der Waals surface area contributed by atoms with E-state index in [1.54, 1.807) is 6.08 Å². The van der Waals surface area contributed by atoms with Crippen molar-refractivity contribution in [3.05, 3.63) is 34.9 Å². The predicted octanol–water partition coefficient (Wildman–Crippen LogP) is 2.53. The molecule has 0 radical (unpaired) electrons. The van der Waals surface area contributed by atoms with Crippen molar-refractivity contribution < 1.29 is 4.79 Å². The number of hydrogen-bond donors (Lipinski definition) is 0. The first-order valence-corrected chi connectivity index (χ1v) is 4.52. The maximum atomic E-state index is 9.99. The third-order valence-corrected chi connectivity index (χ3v) is 2.62. The number of halogens is 1. The fraction of sp³-hybridized carbons (Fsp3) is 0.300. The summed E-state index contributed by atoms with van der Waals surface area (Å²) in [5, 5.41) is 0.760. The molecule has 1 saturated carbocycles. The zero-order chi connectivity index (χ0) is 9.26. The fourth-order valence-corrected chi connectivity index (χ4v) is 1.78. The Morgan fingerprint density at radius 2 is 2.23 bits per heavy atom. The van der Waals surface area contributed by atoms with Crippen molar-refractivity contribution in [3.8, 4) is 0 Å². The van der Waals surface area contributed by atoms with Crippen LogP contribution in [0.4, 0.5) is 0 Å². The number of aliphatic imine (C=N–C) groups is 1. The van der Waals surface area contributed by atoms with E-state index < -0.39 is 0 Å². The molecule has 13 heavy (non-hydrogen) atoms. The second-order valence-corrected chi connectivity index (χ2v) is 3.56. The molecule has 0 saturated heterocycles. The number of hydrogen-bond acceptors (Lipinski definition) is 2. The van der Waals surface area contributed by atoms with Crippen molar-refractivity contribution in [2.75, 3.05) is 0 Å². The Labute approximate surface area is 81.2 Å². The Morgan fingerprint density at radius 3 is 2.92 bits per heavy atom. The summed E-state index contributed by atoms with van der Waals surface area (Å²) in [7, 11) is 0. The van der Waals surface area contributed by atoms with Crippen LogP contribution in [0.15, 0.2) is 29.3 Å². The molecule has 0 aliphatic heterocycles. The van der Waals surface area contributed by atoms with Crippen molar-refractivity contribution in [2.24, 2.45) is 4.99 Å². The number of isocyanates is 1. The van der Waals surface area contributed by atoms with Crippen LogP contribution in [0.3, 0.4) is 0 Å². The van der Waals surface area contributed by atoms with Crippen LogP contribution in [0.5, 0.6) is 0 Å². The molecule has 0 unspecified atom stereocenters. The highest BCUT2D eigenvalue weighted by Crippen LogP contribution is 2.45. The SMILES string of the molecule is O=C=N[C@@H]1C[C@H]1c1ccccc1Cl. The first-order valence-electron chi connectivity index (χ1n) is 4.14. The van der Waals surface area contributed by atoms with E-state index in [0.29, 0.717) is 5.92 Å². The van der Waals surface area contributed by atoms with Crippen LogP contribution in [0, 0.1) is 0 Å². The topological polar surface area (TPSA) is 29.4 Å². The summed E-state index contributed by atoms with van der Waals surface area (Å²) in [6, 6.07) is 7.79. The van der Waals surface area contributed by atoms with E-state index >= 15 is 0 Å². The van der Waals surface area contributed by atoms with Gasteiger partial charge in [0.15, 0.2) is 0 Å². The summed E-state index contributed by atoms with van der Waals surface area (Å²) in [6.07, 6.45) is 2.50. The quantitative estimate of drug-likeness (QED) is 0.524. The maximum Gasteiger partial charge on any atom is 0.235 e. The average molecular weight is 194 g/mol. The van der Waals surface area contributed by atoms with Gasteiger partial charge in [0.05, 0.1) is 6.04 Å². The molecule has 2 nitrogen and oxygen atoms in total. The maximum absolute atomic E-state index is 9.99. The van der Waals surface area contributed by atoms with E-state index in [-0.39, 0.29) is 6.04 Å². The monoisotopic (exact) mass is 193 g/mol. The van der Waals surface area contributed by atoms with Crippen LogP contribution in [-0.4, -0.2) is 12.1 Å². The minimum absolute atomic E-state index is 0.109. The van der Waals surface area contributed by atoms with Crippen molar-refractivity contribution in [3.63, 3.8) is 0 Å². The minimum Gasteiger partial charge on any atom is -0.211 e. The van der Waals surface area contributed by atoms with Gasteiger partial charge in [-0.25, -0.2) is 9.79 Å². The third-order valence-electron chi connectivity index (χ3n) is 2.28. The third kappa shape index (κ3) is 1.64. The standard InChI is InChI=1S/C10H8ClNO/c11-9-4-2-1-3-7(9)8-5-10(8)12-6-13/h1-4,8,10H,5H2/t8-,10+/m0/s1. The molecule has 1 fully saturated rings. The van der Waals surface area contributed by atoms with E-state index in [1.165, 1.54) is 0 Å². The Bertz CT molecular complexity index is 371. The second kappa shape index (κ2) is 3.33. The Balaban J connectivity index is 2.20. The zero-order valence-corrected chi connectivity index (χ0v) is 7.66. The van der Waals surface area contributed by atoms with Crippen LogP contribution in [-0.2, 0) is 4.79 Å². The molecule has 2 atom stereocenters. The van der Waals surface area contributed by atoms with Crippen LogP contribution < -0.4 is 0 Å². The van der Waals surface area contributed by atoms with Gasteiger partial charge >= 0.3 is 0 Å². The molecule has 3 heteroatoms. The van der Waals surface area contributed by atoms with Crippen molar-refractivity contribution in [1.82, 2.24) is 0 Å². The van der Waals surface area contributed by atoms with E-state index in [1.807, 2.05) is 24.3 Å². The Morgan fingerprint density at radius 1 is 1.46 bits per heavy atom. The van der Waals surface area contributed by atoms with Gasteiger partial charge in [0.1, 0.15) is 0 Å². The second-order valence-electron chi connectivity index (χ2n) is 3.15. The summed E-state index contributed by atoms with van der Waals surface area (Å²) in [5.74, 6) is 0.329. The fourth-order valence-electron chi connectivity index (χ4n) is 1.50. The molecule has 0 amide bonds. The van der Waals surface area contributed by atoms with Gasteiger partial charge in [0.25, 0.3) is 0 Å². The highest BCUT2D eigenvalue weighted by molar-refractivity contribution is 6.31. The first kappa shape index (κ1) is 8.49. The molecule has 0 bridgehead atoms. The summed E-state index contributed by atoms with van der Waals surface area (Å²) in [6.45, 7) is 0. The molecule has 0 spiro atoms. The smallest absolute Gasteiger partial charge is 0.211 e. The Hall–Kier alpha value is -1.11. The lowest BCUT2D eigenvalue weighted by atomic mass is 10.1. The lowest BCUT2D eigenvalue weighted by molar-refractivity contribution is 0.562. The highest BCUT2D eigenvalue weighted by Gasteiger charge is 2.39. The molecule has 1 aliphatic rings. The summed E-state index contributed by atoms with van der Waals surface area (Å²) >= 11 is 5.98. The average Bonchev–Trinajstić information content (AvgIpc) is 2.86. The normalized spacial score (nSPS) is 25.0. The summed E-state index contributed by atoms with van der Waals surface area (Å²) < 4.78 is 0. The lowest BCUT2D eigenvalue weighted by Gasteiger charge is -1.99. The van der Waals surface area contributed by atoms with Gasteiger partial charge in [0.2, 0.25) is 6.08 Å². The minimum atomic E-state index is 0.109. The largest absolute Gasteiger partial charge is 0.235 e. The van der Waals surface area contributed by atoms with E-state index in [0.717, 1.165) is 17.0 Å². The summed E-state index contributed by atoms with van der Waals surface area (Å²) in [5.41, 5.74) is 1.09. The van der Waals surface area contributed by atoms with Gasteiger partial charge in [-0.15, -0.1) is 0 Å². The number of rotatable bonds is 2. The predicted molar refractivity (Wildman–Crippen MR) is 50.7 cm³/mol. The van der Waals surface area contributed by atoms with Crippen molar-refractivity contribution in [1.29, 1.82) is 0 Å². The molecule has 66 valence electrons. The summed E-state index contributed by atoms with van der Waals surface area (Å²) in [4.78, 5) is 13.7. The molecule has 1 aromatic rings. The van der Waals surface area contributed by atoms with Gasteiger partial charge in [-0.05, 0) is 18.1 Å². The molecule has 0 aromatic heterocycles. The van der Waals surface area contributed by atoms with Crippen LogP contribution >= 0.6 is 11.6 Å². The molecular formula is C10H8ClNO. The van der Waals surface area contributed by atoms with Crippen LogP contribution in [0.2, 0.25) is 5.02 Å². The molecule has 1 aliphatic carbocycles.